The molecule has 0 radical (unpaired) electrons. The summed E-state index contributed by atoms with van der Waals surface area (Å²) in [7, 11) is -3.68. The van der Waals surface area contributed by atoms with Crippen molar-refractivity contribution in [3.05, 3.63) is 53.5 Å². The van der Waals surface area contributed by atoms with Gasteiger partial charge in [-0.25, -0.2) is 13.2 Å². The highest BCUT2D eigenvalue weighted by molar-refractivity contribution is 7.91. The van der Waals surface area contributed by atoms with Gasteiger partial charge < -0.3 is 21.2 Å². The molecule has 0 fully saturated rings. The molecule has 0 spiro atoms. The first kappa shape index (κ1) is 21.2. The van der Waals surface area contributed by atoms with E-state index >= 15 is 0 Å². The van der Waals surface area contributed by atoms with Crippen LogP contribution in [-0.4, -0.2) is 26.7 Å². The maximum atomic E-state index is 12.4. The van der Waals surface area contributed by atoms with Crippen LogP contribution in [-0.2, 0) is 20.0 Å². The molecule has 26 heavy (non-hydrogen) atoms. The topological polar surface area (TPSA) is 145 Å². The van der Waals surface area contributed by atoms with E-state index < -0.39 is 27.2 Å². The van der Waals surface area contributed by atoms with Crippen molar-refractivity contribution >= 4 is 22.3 Å². The van der Waals surface area contributed by atoms with Crippen molar-refractivity contribution in [3.63, 3.8) is 0 Å². The summed E-state index contributed by atoms with van der Waals surface area (Å²) in [6.07, 6.45) is 1.83. The summed E-state index contributed by atoms with van der Waals surface area (Å²) in [4.78, 5) is 19.5. The second-order valence-corrected chi connectivity index (χ2v) is 7.98. The first-order valence-corrected chi connectivity index (χ1v) is 9.28. The van der Waals surface area contributed by atoms with E-state index in [2.05, 4.69) is 11.1 Å². The van der Waals surface area contributed by atoms with Gasteiger partial charge in [-0.3, -0.25) is 4.79 Å². The second-order valence-electron chi connectivity index (χ2n) is 6.02. The molecule has 0 saturated carbocycles. The average Bonchev–Trinajstić information content (AvgIpc) is 3.09. The van der Waals surface area contributed by atoms with Crippen molar-refractivity contribution in [2.24, 2.45) is 11.5 Å². The lowest BCUT2D eigenvalue weighted by Gasteiger charge is -2.24. The van der Waals surface area contributed by atoms with Crippen LogP contribution >= 0.6 is 0 Å². The van der Waals surface area contributed by atoms with Crippen LogP contribution in [0.15, 0.2) is 45.9 Å². The molecule has 3 amide bonds. The number of hydrogen-bond acceptors (Lipinski definition) is 5. The minimum absolute atomic E-state index is 0.170. The van der Waals surface area contributed by atoms with Gasteiger partial charge in [0.05, 0.1) is 11.2 Å². The zero-order valence-electron chi connectivity index (χ0n) is 14.9. The van der Waals surface area contributed by atoms with Gasteiger partial charge in [0, 0.05) is 5.41 Å². The molecule has 1 heterocycles. The molecule has 1 aromatic heterocycles. The van der Waals surface area contributed by atoms with E-state index in [1.165, 1.54) is 0 Å². The van der Waals surface area contributed by atoms with Crippen molar-refractivity contribution in [2.75, 3.05) is 5.88 Å². The monoisotopic (exact) mass is 381 g/mol. The molecule has 0 unspecified atom stereocenters. The van der Waals surface area contributed by atoms with Crippen molar-refractivity contribution in [1.29, 1.82) is 0 Å². The predicted octanol–water partition coefficient (Wildman–Crippen LogP) is 1.41. The molecule has 8 nitrogen and oxygen atoms in total. The number of sulfone groups is 1. The first-order chi connectivity index (χ1) is 12.1. The smallest absolute Gasteiger partial charge is 0.313 e. The van der Waals surface area contributed by atoms with Gasteiger partial charge >= 0.3 is 6.03 Å². The van der Waals surface area contributed by atoms with Gasteiger partial charge in [0.25, 0.3) is 0 Å². The highest BCUT2D eigenvalue weighted by Crippen LogP contribution is 2.33. The van der Waals surface area contributed by atoms with Crippen molar-refractivity contribution in [1.82, 2.24) is 5.32 Å². The summed E-state index contributed by atoms with van der Waals surface area (Å²) in [6, 6.07) is 8.01. The number of primary amides is 2. The number of furan rings is 1. The minimum atomic E-state index is -3.68. The molecule has 2 rings (SSSR count). The number of carbonyl (C=O) groups excluding carboxylic acids is 2. The lowest BCUT2D eigenvalue weighted by Crippen LogP contribution is -2.34. The average molecular weight is 381 g/mol. The molecule has 142 valence electrons. The van der Waals surface area contributed by atoms with E-state index in [0.29, 0.717) is 5.56 Å². The molecule has 0 aliphatic carbocycles. The van der Waals surface area contributed by atoms with E-state index in [9.17, 15) is 13.2 Å². The largest absolute Gasteiger partial charge is 0.468 e. The molecule has 5 N–H and O–H groups in total. The Morgan fingerprint density at radius 3 is 2.42 bits per heavy atom. The Morgan fingerprint density at radius 1 is 1.31 bits per heavy atom. The van der Waals surface area contributed by atoms with Gasteiger partial charge in [0.1, 0.15) is 11.6 Å². The molecule has 0 bridgehead atoms. The van der Waals surface area contributed by atoms with Crippen LogP contribution in [0.4, 0.5) is 4.79 Å². The number of carbonyl (C=O) groups is 2. The fourth-order valence-electron chi connectivity index (χ4n) is 2.34. The number of benzene rings is 1. The molecule has 0 atom stereocenters. The third kappa shape index (κ3) is 5.09. The van der Waals surface area contributed by atoms with Gasteiger partial charge in [0.15, 0.2) is 9.84 Å². The van der Waals surface area contributed by atoms with E-state index in [1.54, 1.807) is 31.4 Å². The van der Waals surface area contributed by atoms with E-state index in [0.717, 1.165) is 11.3 Å². The maximum absolute atomic E-state index is 12.4. The predicted molar refractivity (Wildman–Crippen MR) is 97.0 cm³/mol. The van der Waals surface area contributed by atoms with E-state index in [-0.39, 0.29) is 11.3 Å². The Kier molecular flexibility index (Phi) is 6.96. The Labute approximate surface area is 152 Å². The molecular formula is C17H23N3O5S. The fourth-order valence-corrected chi connectivity index (χ4v) is 3.70. The highest BCUT2D eigenvalue weighted by Gasteiger charge is 2.28. The fraction of sp³-hybridized carbons (Fsp3) is 0.294. The van der Waals surface area contributed by atoms with Crippen LogP contribution in [0.1, 0.15) is 30.7 Å². The van der Waals surface area contributed by atoms with Crippen LogP contribution in [0.3, 0.4) is 0 Å². The van der Waals surface area contributed by atoms with Crippen LogP contribution in [0.25, 0.3) is 0 Å². The molecule has 9 heteroatoms. The van der Waals surface area contributed by atoms with E-state index in [4.69, 9.17) is 14.9 Å². The van der Waals surface area contributed by atoms with Crippen molar-refractivity contribution in [3.8, 4) is 0 Å². The summed E-state index contributed by atoms with van der Waals surface area (Å²) in [5, 5.41) is 2.13. The third-order valence-electron chi connectivity index (χ3n) is 3.82. The Morgan fingerprint density at radius 2 is 1.92 bits per heavy atom. The number of rotatable bonds is 5. The standard InChI is InChI=1S/C16H20N2O4S.CH3NO/c1-11-6-7-12(16(2,3)14-5-4-8-22-14)9-13(11)23(20,21)10-18-15(17)19;2-1-3/h4-9H,10H2,1-3H3,(H3,17,18,19);1H,(H2,2,3). The Bertz CT molecular complexity index is 859. The van der Waals surface area contributed by atoms with Gasteiger partial charge in [-0.1, -0.05) is 12.1 Å². The lowest BCUT2D eigenvalue weighted by molar-refractivity contribution is -0.106. The molecular weight excluding hydrogens is 358 g/mol. The zero-order chi connectivity index (χ0) is 20.0. The van der Waals surface area contributed by atoms with Crippen molar-refractivity contribution < 1.29 is 22.4 Å². The third-order valence-corrected chi connectivity index (χ3v) is 5.45. The van der Waals surface area contributed by atoms with Crippen LogP contribution in [0, 0.1) is 6.92 Å². The summed E-state index contributed by atoms with van der Waals surface area (Å²) in [5.74, 6) is 0.202. The number of nitrogens with two attached hydrogens (primary N) is 2. The summed E-state index contributed by atoms with van der Waals surface area (Å²) in [5.41, 5.74) is 10.0. The van der Waals surface area contributed by atoms with Crippen LogP contribution in [0.2, 0.25) is 0 Å². The highest BCUT2D eigenvalue weighted by atomic mass is 32.2. The van der Waals surface area contributed by atoms with Crippen molar-refractivity contribution in [2.45, 2.75) is 31.1 Å². The first-order valence-electron chi connectivity index (χ1n) is 7.62. The quantitative estimate of drug-likeness (QED) is 0.670. The number of urea groups is 1. The van der Waals surface area contributed by atoms with Gasteiger partial charge in [-0.2, -0.15) is 0 Å². The van der Waals surface area contributed by atoms with E-state index in [1.807, 2.05) is 26.0 Å². The Hall–Kier alpha value is -2.81. The maximum Gasteiger partial charge on any atom is 0.313 e. The molecule has 0 aliphatic rings. The summed E-state index contributed by atoms with van der Waals surface area (Å²) < 4.78 is 30.3. The second kappa shape index (κ2) is 8.52. The van der Waals surface area contributed by atoms with Crippen LogP contribution < -0.4 is 16.8 Å². The Balaban J connectivity index is 0.00000105. The molecule has 0 saturated heterocycles. The molecule has 1 aromatic carbocycles. The normalized spacial score (nSPS) is 11.2. The number of hydrogen-bond donors (Lipinski definition) is 3. The lowest BCUT2D eigenvalue weighted by atomic mass is 9.82. The SMILES string of the molecule is Cc1ccc(C(C)(C)c2ccco2)cc1S(=O)(=O)CNC(N)=O.NC=O. The summed E-state index contributed by atoms with van der Waals surface area (Å²) in [6.45, 7) is 5.62. The number of aryl methyl sites for hydroxylation is 1. The molecule has 0 aliphatic heterocycles. The van der Waals surface area contributed by atoms with Crippen LogP contribution in [0.5, 0.6) is 0 Å². The van der Waals surface area contributed by atoms with Gasteiger partial charge in [-0.15, -0.1) is 0 Å². The number of nitrogens with one attached hydrogen (secondary N) is 1. The minimum Gasteiger partial charge on any atom is -0.468 e. The van der Waals surface area contributed by atoms with Gasteiger partial charge in [0.2, 0.25) is 6.41 Å². The summed E-state index contributed by atoms with van der Waals surface area (Å²) >= 11 is 0. The number of amides is 3. The zero-order valence-corrected chi connectivity index (χ0v) is 15.7. The molecule has 2 aromatic rings. The van der Waals surface area contributed by atoms with Gasteiger partial charge in [-0.05, 0) is 50.1 Å².